The second-order valence-electron chi connectivity index (χ2n) is 7.24. The molecule has 0 amide bonds. The Balaban J connectivity index is 0. The zero-order valence-electron chi connectivity index (χ0n) is 16.2. The second-order valence-corrected chi connectivity index (χ2v) is 7.24. The van der Waals surface area contributed by atoms with Crippen LogP contribution in [0.25, 0.3) is 0 Å². The van der Waals surface area contributed by atoms with Crippen LogP contribution < -0.4 is 0 Å². The van der Waals surface area contributed by atoms with Crippen LogP contribution >= 0.6 is 0 Å². The van der Waals surface area contributed by atoms with Crippen LogP contribution in [0.4, 0.5) is 0 Å². The van der Waals surface area contributed by atoms with Gasteiger partial charge in [0.05, 0.1) is 6.10 Å². The third kappa shape index (κ3) is 22.7. The van der Waals surface area contributed by atoms with Crippen LogP contribution in [0.3, 0.4) is 0 Å². The number of unbranched alkanes of at least 4 members (excludes halogenated alkanes) is 14. The molecule has 0 aliphatic carbocycles. The van der Waals surface area contributed by atoms with Gasteiger partial charge in [-0.05, 0) is 20.3 Å². The Bertz CT molecular complexity index is 254. The monoisotopic (exact) mass is 368 g/mol. The predicted molar refractivity (Wildman–Crippen MR) is 109 cm³/mol. The van der Waals surface area contributed by atoms with Crippen molar-refractivity contribution in [1.29, 1.82) is 0 Å². The van der Waals surface area contributed by atoms with E-state index in [2.05, 4.69) is 6.92 Å². The van der Waals surface area contributed by atoms with Gasteiger partial charge >= 0.3 is 43.7 Å². The zero-order chi connectivity index (χ0) is 17.2. The van der Waals surface area contributed by atoms with Crippen molar-refractivity contribution in [2.24, 2.45) is 0 Å². The molecule has 0 N–H and O–H groups in total. The summed E-state index contributed by atoms with van der Waals surface area (Å²) in [6.07, 6.45) is 20.9. The van der Waals surface area contributed by atoms with Crippen LogP contribution in [-0.4, -0.2) is 49.8 Å². The molecule has 0 aromatic heterocycles. The topological polar surface area (TPSA) is 26.3 Å². The molecule has 24 heavy (non-hydrogen) atoms. The Kier molecular flexibility index (Phi) is 24.5. The second kappa shape index (κ2) is 21.8. The molecule has 0 rings (SSSR count). The van der Waals surface area contributed by atoms with E-state index in [0.29, 0.717) is 6.42 Å². The Morgan fingerprint density at radius 1 is 0.667 bits per heavy atom. The van der Waals surface area contributed by atoms with Crippen LogP contribution in [0.15, 0.2) is 0 Å². The molecule has 0 radical (unpaired) electrons. The summed E-state index contributed by atoms with van der Waals surface area (Å²) in [6, 6.07) is 0. The van der Waals surface area contributed by atoms with Gasteiger partial charge in [-0.1, -0.05) is 96.8 Å². The van der Waals surface area contributed by atoms with Crippen molar-refractivity contribution in [3.8, 4) is 0 Å². The zero-order valence-corrected chi connectivity index (χ0v) is 16.2. The minimum atomic E-state index is -0.0327. The molecular formula is C21H44CaO2. The molecular weight excluding hydrogens is 324 g/mol. The SMILES string of the molecule is CCCCCCCCCCCCCCCCCC(=O)OC(C)C.[CaH2]. The molecule has 0 aromatic rings. The van der Waals surface area contributed by atoms with E-state index >= 15 is 0 Å². The quantitative estimate of drug-likeness (QED) is 0.171. The number of carbonyl (C=O) groups is 1. The summed E-state index contributed by atoms with van der Waals surface area (Å²) >= 11 is 0. The molecule has 0 atom stereocenters. The van der Waals surface area contributed by atoms with Gasteiger partial charge in [0.15, 0.2) is 0 Å². The molecule has 0 saturated carbocycles. The van der Waals surface area contributed by atoms with Gasteiger partial charge in [-0.3, -0.25) is 4.79 Å². The van der Waals surface area contributed by atoms with Gasteiger partial charge in [0.25, 0.3) is 0 Å². The minimum absolute atomic E-state index is 0. The third-order valence-electron chi connectivity index (χ3n) is 4.35. The first-order chi connectivity index (χ1) is 11.2. The summed E-state index contributed by atoms with van der Waals surface area (Å²) in [4.78, 5) is 11.4. The Morgan fingerprint density at radius 2 is 1.00 bits per heavy atom. The molecule has 3 heteroatoms. The van der Waals surface area contributed by atoms with Crippen LogP contribution in [0.2, 0.25) is 0 Å². The average Bonchev–Trinajstić information content (AvgIpc) is 2.50. The van der Waals surface area contributed by atoms with Gasteiger partial charge in [0.2, 0.25) is 0 Å². The van der Waals surface area contributed by atoms with Gasteiger partial charge in [0.1, 0.15) is 0 Å². The van der Waals surface area contributed by atoms with Gasteiger partial charge in [-0.25, -0.2) is 0 Å². The molecule has 0 fully saturated rings. The van der Waals surface area contributed by atoms with E-state index in [9.17, 15) is 4.79 Å². The molecule has 0 bridgehead atoms. The molecule has 0 aromatic carbocycles. The van der Waals surface area contributed by atoms with Crippen molar-refractivity contribution in [3.63, 3.8) is 0 Å². The van der Waals surface area contributed by atoms with Gasteiger partial charge in [-0.2, -0.15) is 0 Å². The van der Waals surface area contributed by atoms with E-state index in [1.54, 1.807) is 0 Å². The Morgan fingerprint density at radius 3 is 1.33 bits per heavy atom. The van der Waals surface area contributed by atoms with Gasteiger partial charge in [-0.15, -0.1) is 0 Å². The van der Waals surface area contributed by atoms with Crippen molar-refractivity contribution in [2.75, 3.05) is 0 Å². The number of rotatable bonds is 17. The fourth-order valence-electron chi connectivity index (χ4n) is 2.96. The van der Waals surface area contributed by atoms with Gasteiger partial charge < -0.3 is 4.74 Å². The molecule has 142 valence electrons. The third-order valence-corrected chi connectivity index (χ3v) is 4.35. The van der Waals surface area contributed by atoms with E-state index < -0.39 is 0 Å². The number of ether oxygens (including phenoxy) is 1. The first-order valence-electron chi connectivity index (χ1n) is 10.4. The summed E-state index contributed by atoms with van der Waals surface area (Å²) < 4.78 is 5.13. The predicted octanol–water partition coefficient (Wildman–Crippen LogP) is 6.28. The summed E-state index contributed by atoms with van der Waals surface area (Å²) in [7, 11) is 0. The van der Waals surface area contributed by atoms with E-state index in [1.165, 1.54) is 89.9 Å². The van der Waals surface area contributed by atoms with Crippen LogP contribution in [0.5, 0.6) is 0 Å². The fraction of sp³-hybridized carbons (Fsp3) is 0.952. The number of esters is 1. The maximum absolute atomic E-state index is 11.4. The van der Waals surface area contributed by atoms with Crippen LogP contribution in [0, 0.1) is 0 Å². The van der Waals surface area contributed by atoms with Crippen LogP contribution in [-0.2, 0) is 9.53 Å². The fourth-order valence-corrected chi connectivity index (χ4v) is 2.96. The van der Waals surface area contributed by atoms with Crippen molar-refractivity contribution < 1.29 is 9.53 Å². The number of hydrogen-bond donors (Lipinski definition) is 0. The van der Waals surface area contributed by atoms with E-state index in [-0.39, 0.29) is 49.8 Å². The maximum atomic E-state index is 11.4. The molecule has 0 aliphatic heterocycles. The molecule has 0 aliphatic rings. The van der Waals surface area contributed by atoms with E-state index in [0.717, 1.165) is 6.42 Å². The summed E-state index contributed by atoms with van der Waals surface area (Å²) in [5, 5.41) is 0. The standard InChI is InChI=1S/C21H42O2.Ca.2H/c1-4-5-6-7-8-9-10-11-12-13-14-15-16-17-18-19-21(22)23-20(2)3;;;/h20H,4-19H2,1-3H3;;;. The van der Waals surface area contributed by atoms with Crippen LogP contribution in [0.1, 0.15) is 124 Å². The normalized spacial score (nSPS) is 10.7. The molecule has 0 unspecified atom stereocenters. The first kappa shape index (κ1) is 27.0. The van der Waals surface area contributed by atoms with Crippen molar-refractivity contribution in [3.05, 3.63) is 0 Å². The van der Waals surface area contributed by atoms with Crippen molar-refractivity contribution >= 4 is 43.7 Å². The molecule has 0 heterocycles. The Hall–Kier alpha value is 0.730. The van der Waals surface area contributed by atoms with Crippen molar-refractivity contribution in [1.82, 2.24) is 0 Å². The summed E-state index contributed by atoms with van der Waals surface area (Å²) in [6.45, 7) is 6.09. The van der Waals surface area contributed by atoms with Crippen molar-refractivity contribution in [2.45, 2.75) is 130 Å². The summed E-state index contributed by atoms with van der Waals surface area (Å²) in [5.74, 6) is -0.0327. The summed E-state index contributed by atoms with van der Waals surface area (Å²) in [5.41, 5.74) is 0. The number of hydrogen-bond acceptors (Lipinski definition) is 2. The molecule has 0 saturated heterocycles. The first-order valence-corrected chi connectivity index (χ1v) is 10.4. The molecule has 0 spiro atoms. The van der Waals surface area contributed by atoms with Gasteiger partial charge in [0, 0.05) is 6.42 Å². The van der Waals surface area contributed by atoms with E-state index in [1.807, 2.05) is 13.8 Å². The Labute approximate surface area is 181 Å². The number of carbonyl (C=O) groups excluding carboxylic acids is 1. The molecule has 2 nitrogen and oxygen atoms in total. The van der Waals surface area contributed by atoms with E-state index in [4.69, 9.17) is 4.74 Å². The average molecular weight is 369 g/mol.